The molecule has 0 fully saturated rings. The molecule has 1 aromatic heterocycles. The number of nitrogens with one attached hydrogen (secondary N) is 2. The molecule has 0 aromatic carbocycles. The number of carbonyl (C=O) groups is 1. The van der Waals surface area contributed by atoms with E-state index in [1.807, 2.05) is 25.7 Å². The van der Waals surface area contributed by atoms with Gasteiger partial charge in [-0.1, -0.05) is 6.42 Å². The smallest absolute Gasteiger partial charge is 0.224 e. The third-order valence-electron chi connectivity index (χ3n) is 4.88. The van der Waals surface area contributed by atoms with Crippen LogP contribution in [0.2, 0.25) is 0 Å². The highest BCUT2D eigenvalue weighted by atomic mass is 16.2. The Hall–Kier alpha value is -2.12. The molecule has 0 saturated carbocycles. The van der Waals surface area contributed by atoms with Gasteiger partial charge in [-0.3, -0.25) is 9.79 Å². The third kappa shape index (κ3) is 6.52. The van der Waals surface area contributed by atoms with Crippen LogP contribution < -0.4 is 10.6 Å². The highest BCUT2D eigenvalue weighted by molar-refractivity contribution is 5.80. The molecule has 0 aliphatic carbocycles. The summed E-state index contributed by atoms with van der Waals surface area (Å²) in [4.78, 5) is 18.4. The van der Waals surface area contributed by atoms with Crippen LogP contribution in [0.5, 0.6) is 0 Å². The number of amides is 1. The van der Waals surface area contributed by atoms with Gasteiger partial charge in [0.25, 0.3) is 0 Å². The van der Waals surface area contributed by atoms with Gasteiger partial charge in [-0.2, -0.15) is 0 Å². The predicted octanol–water partition coefficient (Wildman–Crippen LogP) is 1.36. The number of hydrogen-bond donors (Lipinski definition) is 2. The SMILES string of the molecule is CCNC(=NCCC(=O)N(CC)CC)NCCc1nnc2n1CCCCC2. The van der Waals surface area contributed by atoms with Gasteiger partial charge in [0, 0.05) is 52.0 Å². The van der Waals surface area contributed by atoms with Crippen molar-refractivity contribution in [2.45, 2.75) is 65.8 Å². The van der Waals surface area contributed by atoms with Crippen molar-refractivity contribution in [3.63, 3.8) is 0 Å². The molecule has 1 aliphatic heterocycles. The van der Waals surface area contributed by atoms with Crippen LogP contribution in [0.1, 0.15) is 58.1 Å². The molecule has 27 heavy (non-hydrogen) atoms. The molecule has 2 rings (SSSR count). The Bertz CT molecular complexity index is 607. The number of aryl methyl sites for hydroxylation is 1. The van der Waals surface area contributed by atoms with Crippen molar-refractivity contribution in [2.24, 2.45) is 4.99 Å². The molecule has 2 N–H and O–H groups in total. The van der Waals surface area contributed by atoms with Crippen LogP contribution in [0.25, 0.3) is 0 Å². The Morgan fingerprint density at radius 2 is 1.96 bits per heavy atom. The molecule has 2 heterocycles. The van der Waals surface area contributed by atoms with E-state index in [4.69, 9.17) is 0 Å². The molecule has 1 amide bonds. The standard InChI is InChI=1S/C19H35N7O/c1-4-20-19(22-14-12-18(27)25(5-2)6-3)21-13-11-17-24-23-16-10-8-7-9-15-26(16)17/h4-15H2,1-3H3,(H2,20,21,22). The molecule has 8 nitrogen and oxygen atoms in total. The average Bonchev–Trinajstić information content (AvgIpc) is 2.89. The quantitative estimate of drug-likeness (QED) is 0.501. The minimum atomic E-state index is 0.158. The van der Waals surface area contributed by atoms with E-state index < -0.39 is 0 Å². The minimum Gasteiger partial charge on any atom is -0.357 e. The van der Waals surface area contributed by atoms with Crippen LogP contribution in [0.15, 0.2) is 4.99 Å². The maximum atomic E-state index is 12.1. The third-order valence-corrected chi connectivity index (χ3v) is 4.88. The second-order valence-electron chi connectivity index (χ2n) is 6.75. The lowest BCUT2D eigenvalue weighted by molar-refractivity contribution is -0.130. The van der Waals surface area contributed by atoms with Crippen molar-refractivity contribution in [3.05, 3.63) is 11.6 Å². The molecule has 0 spiro atoms. The number of aromatic nitrogens is 3. The molecule has 0 atom stereocenters. The zero-order valence-electron chi connectivity index (χ0n) is 17.1. The van der Waals surface area contributed by atoms with Crippen molar-refractivity contribution >= 4 is 11.9 Å². The summed E-state index contributed by atoms with van der Waals surface area (Å²) < 4.78 is 2.28. The molecule has 0 bridgehead atoms. The Morgan fingerprint density at radius 3 is 2.70 bits per heavy atom. The molecule has 8 heteroatoms. The lowest BCUT2D eigenvalue weighted by Gasteiger charge is -2.18. The van der Waals surface area contributed by atoms with Gasteiger partial charge in [-0.15, -0.1) is 10.2 Å². The Balaban J connectivity index is 1.82. The van der Waals surface area contributed by atoms with Crippen molar-refractivity contribution in [2.75, 3.05) is 32.7 Å². The lowest BCUT2D eigenvalue weighted by Crippen LogP contribution is -2.39. The van der Waals surface area contributed by atoms with Crippen LogP contribution in [0.4, 0.5) is 0 Å². The number of nitrogens with zero attached hydrogens (tertiary/aromatic N) is 5. The maximum Gasteiger partial charge on any atom is 0.224 e. The van der Waals surface area contributed by atoms with E-state index in [9.17, 15) is 4.79 Å². The van der Waals surface area contributed by atoms with E-state index in [2.05, 4.69) is 30.4 Å². The van der Waals surface area contributed by atoms with Gasteiger partial charge in [0.05, 0.1) is 6.54 Å². The fourth-order valence-corrected chi connectivity index (χ4v) is 3.36. The summed E-state index contributed by atoms with van der Waals surface area (Å²) in [6, 6.07) is 0. The Kier molecular flexibility index (Phi) is 9.07. The van der Waals surface area contributed by atoms with Gasteiger partial charge in [-0.05, 0) is 33.6 Å². The van der Waals surface area contributed by atoms with E-state index in [-0.39, 0.29) is 5.91 Å². The monoisotopic (exact) mass is 377 g/mol. The fraction of sp³-hybridized carbons (Fsp3) is 0.789. The Labute approximate surface area is 162 Å². The first-order valence-corrected chi connectivity index (χ1v) is 10.4. The zero-order valence-corrected chi connectivity index (χ0v) is 17.1. The fourth-order valence-electron chi connectivity index (χ4n) is 3.36. The normalized spacial score (nSPS) is 14.4. The zero-order chi connectivity index (χ0) is 19.5. The second-order valence-corrected chi connectivity index (χ2v) is 6.75. The largest absolute Gasteiger partial charge is 0.357 e. The lowest BCUT2D eigenvalue weighted by atomic mass is 10.2. The average molecular weight is 378 g/mol. The van der Waals surface area contributed by atoms with Gasteiger partial charge in [0.1, 0.15) is 11.6 Å². The van der Waals surface area contributed by atoms with Crippen LogP contribution >= 0.6 is 0 Å². The van der Waals surface area contributed by atoms with E-state index in [1.165, 1.54) is 19.3 Å². The van der Waals surface area contributed by atoms with Crippen LogP contribution in [-0.4, -0.2) is 64.3 Å². The molecule has 1 aromatic rings. The Morgan fingerprint density at radius 1 is 1.15 bits per heavy atom. The van der Waals surface area contributed by atoms with E-state index in [0.29, 0.717) is 13.0 Å². The summed E-state index contributed by atoms with van der Waals surface area (Å²) in [6.07, 6.45) is 5.97. The van der Waals surface area contributed by atoms with Crippen LogP contribution in [0.3, 0.4) is 0 Å². The first kappa shape index (κ1) is 21.2. The summed E-state index contributed by atoms with van der Waals surface area (Å²) >= 11 is 0. The van der Waals surface area contributed by atoms with Crippen molar-refractivity contribution < 1.29 is 4.79 Å². The minimum absolute atomic E-state index is 0.158. The number of hydrogen-bond acceptors (Lipinski definition) is 4. The molecule has 152 valence electrons. The number of guanidine groups is 1. The summed E-state index contributed by atoms with van der Waals surface area (Å²) in [5.74, 6) is 3.08. The van der Waals surface area contributed by atoms with E-state index in [1.54, 1.807) is 0 Å². The summed E-state index contributed by atoms with van der Waals surface area (Å²) in [5.41, 5.74) is 0. The highest BCUT2D eigenvalue weighted by Gasteiger charge is 2.14. The second kappa shape index (κ2) is 11.6. The first-order valence-electron chi connectivity index (χ1n) is 10.4. The topological polar surface area (TPSA) is 87.4 Å². The van der Waals surface area contributed by atoms with Gasteiger partial charge < -0.3 is 20.1 Å². The number of aliphatic imine (C=N–C) groups is 1. The van der Waals surface area contributed by atoms with Gasteiger partial charge in [-0.25, -0.2) is 0 Å². The summed E-state index contributed by atoms with van der Waals surface area (Å²) in [6.45, 7) is 10.6. The summed E-state index contributed by atoms with van der Waals surface area (Å²) in [7, 11) is 0. The number of carbonyl (C=O) groups excluding carboxylic acids is 1. The first-order chi connectivity index (χ1) is 13.2. The van der Waals surface area contributed by atoms with E-state index >= 15 is 0 Å². The molecule has 0 saturated heterocycles. The molecule has 1 aliphatic rings. The molecular formula is C19H35N7O. The summed E-state index contributed by atoms with van der Waals surface area (Å²) in [5, 5.41) is 15.3. The van der Waals surface area contributed by atoms with E-state index in [0.717, 1.165) is 63.2 Å². The van der Waals surface area contributed by atoms with Crippen molar-refractivity contribution in [1.29, 1.82) is 0 Å². The molecule has 0 radical (unpaired) electrons. The maximum absolute atomic E-state index is 12.1. The van der Waals surface area contributed by atoms with Gasteiger partial charge in [0.2, 0.25) is 5.91 Å². The van der Waals surface area contributed by atoms with Crippen molar-refractivity contribution in [3.8, 4) is 0 Å². The highest BCUT2D eigenvalue weighted by Crippen LogP contribution is 2.14. The molecule has 0 unspecified atom stereocenters. The number of fused-ring (bicyclic) bond motifs is 1. The van der Waals surface area contributed by atoms with Crippen molar-refractivity contribution in [1.82, 2.24) is 30.3 Å². The molecular weight excluding hydrogens is 342 g/mol. The number of rotatable bonds is 9. The van der Waals surface area contributed by atoms with Crippen LogP contribution in [-0.2, 0) is 24.2 Å². The van der Waals surface area contributed by atoms with Crippen LogP contribution in [0, 0.1) is 0 Å². The van der Waals surface area contributed by atoms with Gasteiger partial charge >= 0.3 is 0 Å². The predicted molar refractivity (Wildman–Crippen MR) is 108 cm³/mol. The van der Waals surface area contributed by atoms with Gasteiger partial charge in [0.15, 0.2) is 5.96 Å².